The molecule has 0 radical (unpaired) electrons. The van der Waals surface area contributed by atoms with Crippen molar-refractivity contribution in [2.45, 2.75) is 19.5 Å². The van der Waals surface area contributed by atoms with Gasteiger partial charge >= 0.3 is 0 Å². The van der Waals surface area contributed by atoms with Crippen molar-refractivity contribution in [1.82, 2.24) is 15.2 Å². The highest BCUT2D eigenvalue weighted by atomic mass is 32.1. The monoisotopic (exact) mass is 275 g/mol. The molecule has 1 heterocycles. The number of benzene rings is 1. The fraction of sp³-hybridized carbons (Fsp3) is 0.400. The van der Waals surface area contributed by atoms with E-state index in [4.69, 9.17) is 0 Å². The Labute approximate surface area is 119 Å². The van der Waals surface area contributed by atoms with Gasteiger partial charge in [0, 0.05) is 24.5 Å². The van der Waals surface area contributed by atoms with E-state index in [1.165, 1.54) is 5.56 Å². The summed E-state index contributed by atoms with van der Waals surface area (Å²) in [5, 5.41) is 6.85. The fourth-order valence-electron chi connectivity index (χ4n) is 2.06. The van der Waals surface area contributed by atoms with E-state index in [9.17, 15) is 0 Å². The van der Waals surface area contributed by atoms with Crippen molar-refractivity contribution in [2.24, 2.45) is 0 Å². The van der Waals surface area contributed by atoms with Crippen molar-refractivity contribution in [3.05, 3.63) is 52.0 Å². The molecule has 0 amide bonds. The molecular weight excluding hydrogens is 254 g/mol. The second-order valence-electron chi connectivity index (χ2n) is 4.96. The van der Waals surface area contributed by atoms with Gasteiger partial charge in [-0.1, -0.05) is 30.3 Å². The highest BCUT2D eigenvalue weighted by Gasteiger charge is 2.12. The molecule has 1 aromatic heterocycles. The maximum Gasteiger partial charge on any atom is 0.0897 e. The average molecular weight is 275 g/mol. The minimum atomic E-state index is 0.332. The maximum absolute atomic E-state index is 4.50. The number of aryl methyl sites for hydroxylation is 1. The van der Waals surface area contributed by atoms with Crippen LogP contribution < -0.4 is 5.32 Å². The van der Waals surface area contributed by atoms with E-state index < -0.39 is 0 Å². The van der Waals surface area contributed by atoms with E-state index in [0.717, 1.165) is 23.8 Å². The Morgan fingerprint density at radius 1 is 1.26 bits per heavy atom. The standard InChI is InChI=1S/C15H21N3S/c1-12-17-14(11-19-12)9-16-15(10-18(2)3)13-7-5-4-6-8-13/h4-8,11,15-16H,9-10H2,1-3H3. The zero-order valence-corrected chi connectivity index (χ0v) is 12.6. The second kappa shape index (κ2) is 6.80. The van der Waals surface area contributed by atoms with Crippen molar-refractivity contribution in [1.29, 1.82) is 0 Å². The zero-order chi connectivity index (χ0) is 13.7. The van der Waals surface area contributed by atoms with Crippen LogP contribution in [0, 0.1) is 6.92 Å². The zero-order valence-electron chi connectivity index (χ0n) is 11.8. The molecule has 0 saturated heterocycles. The average Bonchev–Trinajstić information content (AvgIpc) is 2.81. The van der Waals surface area contributed by atoms with Gasteiger partial charge < -0.3 is 10.2 Å². The summed E-state index contributed by atoms with van der Waals surface area (Å²) in [6, 6.07) is 10.9. The van der Waals surface area contributed by atoms with Crippen molar-refractivity contribution in [3.63, 3.8) is 0 Å². The number of hydrogen-bond donors (Lipinski definition) is 1. The predicted octanol–water partition coefficient (Wildman–Crippen LogP) is 2.84. The summed E-state index contributed by atoms with van der Waals surface area (Å²) in [6.45, 7) is 3.84. The maximum atomic E-state index is 4.50. The molecule has 1 aromatic carbocycles. The van der Waals surface area contributed by atoms with Crippen LogP contribution in [0.25, 0.3) is 0 Å². The highest BCUT2D eigenvalue weighted by molar-refractivity contribution is 7.09. The number of rotatable bonds is 6. The van der Waals surface area contributed by atoms with E-state index in [-0.39, 0.29) is 0 Å². The normalized spacial score (nSPS) is 12.8. The van der Waals surface area contributed by atoms with Gasteiger partial charge in [0.1, 0.15) is 0 Å². The molecule has 1 N–H and O–H groups in total. The summed E-state index contributed by atoms with van der Waals surface area (Å²) in [5.74, 6) is 0. The van der Waals surface area contributed by atoms with Crippen LogP contribution in [0.3, 0.4) is 0 Å². The van der Waals surface area contributed by atoms with Crippen molar-refractivity contribution < 1.29 is 0 Å². The van der Waals surface area contributed by atoms with Crippen LogP contribution in [-0.4, -0.2) is 30.5 Å². The third-order valence-corrected chi connectivity index (χ3v) is 3.77. The molecule has 0 fully saturated rings. The van der Waals surface area contributed by atoms with Crippen LogP contribution in [-0.2, 0) is 6.54 Å². The molecule has 0 aliphatic carbocycles. The summed E-state index contributed by atoms with van der Waals surface area (Å²) >= 11 is 1.70. The first kappa shape index (κ1) is 14.2. The van der Waals surface area contributed by atoms with Crippen LogP contribution in [0.2, 0.25) is 0 Å². The van der Waals surface area contributed by atoms with E-state index in [1.54, 1.807) is 11.3 Å². The van der Waals surface area contributed by atoms with Crippen LogP contribution >= 0.6 is 11.3 Å². The van der Waals surface area contributed by atoms with Gasteiger partial charge in [0.25, 0.3) is 0 Å². The van der Waals surface area contributed by atoms with Crippen molar-refractivity contribution in [2.75, 3.05) is 20.6 Å². The number of hydrogen-bond acceptors (Lipinski definition) is 4. The van der Waals surface area contributed by atoms with Crippen LogP contribution in [0.4, 0.5) is 0 Å². The van der Waals surface area contributed by atoms with Gasteiger partial charge in [0.05, 0.1) is 10.7 Å². The summed E-state index contributed by atoms with van der Waals surface area (Å²) in [5.41, 5.74) is 2.45. The molecule has 4 heteroatoms. The predicted molar refractivity (Wildman–Crippen MR) is 81.4 cm³/mol. The first-order valence-corrected chi connectivity index (χ1v) is 7.37. The summed E-state index contributed by atoms with van der Waals surface area (Å²) in [4.78, 5) is 6.70. The number of nitrogens with zero attached hydrogens (tertiary/aromatic N) is 2. The summed E-state index contributed by atoms with van der Waals surface area (Å²) in [7, 11) is 4.20. The quantitative estimate of drug-likeness (QED) is 0.878. The fourth-order valence-corrected chi connectivity index (χ4v) is 2.67. The Morgan fingerprint density at radius 3 is 2.58 bits per heavy atom. The van der Waals surface area contributed by atoms with Crippen molar-refractivity contribution in [3.8, 4) is 0 Å². The topological polar surface area (TPSA) is 28.2 Å². The third kappa shape index (κ3) is 4.42. The largest absolute Gasteiger partial charge is 0.308 e. The molecule has 3 nitrogen and oxygen atoms in total. The first-order valence-electron chi connectivity index (χ1n) is 6.49. The van der Waals surface area contributed by atoms with Gasteiger partial charge in [-0.15, -0.1) is 11.3 Å². The Kier molecular flexibility index (Phi) is 5.07. The van der Waals surface area contributed by atoms with E-state index in [1.807, 2.05) is 6.92 Å². The lowest BCUT2D eigenvalue weighted by Gasteiger charge is -2.22. The van der Waals surface area contributed by atoms with Crippen LogP contribution in [0.15, 0.2) is 35.7 Å². The Bertz CT molecular complexity index is 493. The molecular formula is C15H21N3S. The van der Waals surface area contributed by atoms with Gasteiger partial charge in [-0.3, -0.25) is 0 Å². The minimum Gasteiger partial charge on any atom is -0.308 e. The SMILES string of the molecule is Cc1nc(CNC(CN(C)C)c2ccccc2)cs1. The molecule has 0 bridgehead atoms. The van der Waals surface area contributed by atoms with Crippen LogP contribution in [0.5, 0.6) is 0 Å². The molecule has 102 valence electrons. The van der Waals surface area contributed by atoms with Gasteiger partial charge in [-0.2, -0.15) is 0 Å². The highest BCUT2D eigenvalue weighted by Crippen LogP contribution is 2.15. The molecule has 1 atom stereocenters. The number of nitrogens with one attached hydrogen (secondary N) is 1. The van der Waals surface area contributed by atoms with Gasteiger partial charge in [0.2, 0.25) is 0 Å². The second-order valence-corrected chi connectivity index (χ2v) is 6.03. The molecule has 0 aliphatic rings. The lowest BCUT2D eigenvalue weighted by molar-refractivity contribution is 0.340. The minimum absolute atomic E-state index is 0.332. The van der Waals surface area contributed by atoms with E-state index in [0.29, 0.717) is 6.04 Å². The van der Waals surface area contributed by atoms with Gasteiger partial charge in [-0.05, 0) is 26.6 Å². The lowest BCUT2D eigenvalue weighted by atomic mass is 10.1. The van der Waals surface area contributed by atoms with Gasteiger partial charge in [-0.25, -0.2) is 4.98 Å². The number of likely N-dealkylation sites (N-methyl/N-ethyl adjacent to an activating group) is 1. The molecule has 19 heavy (non-hydrogen) atoms. The molecule has 2 rings (SSSR count). The Morgan fingerprint density at radius 2 is 2.00 bits per heavy atom. The molecule has 2 aromatic rings. The molecule has 0 aliphatic heterocycles. The van der Waals surface area contributed by atoms with E-state index in [2.05, 4.69) is 65.0 Å². The smallest absolute Gasteiger partial charge is 0.0897 e. The molecule has 0 saturated carbocycles. The number of aromatic nitrogens is 1. The summed E-state index contributed by atoms with van der Waals surface area (Å²) < 4.78 is 0. The van der Waals surface area contributed by atoms with Crippen molar-refractivity contribution >= 4 is 11.3 Å². The number of thiazole rings is 1. The molecule has 0 spiro atoms. The Balaban J connectivity index is 2.02. The first-order chi connectivity index (χ1) is 9.15. The van der Waals surface area contributed by atoms with Gasteiger partial charge in [0.15, 0.2) is 0 Å². The third-order valence-electron chi connectivity index (χ3n) is 2.95. The summed E-state index contributed by atoms with van der Waals surface area (Å²) in [6.07, 6.45) is 0. The molecule has 1 unspecified atom stereocenters. The van der Waals surface area contributed by atoms with E-state index >= 15 is 0 Å². The van der Waals surface area contributed by atoms with Crippen LogP contribution in [0.1, 0.15) is 22.3 Å². The lowest BCUT2D eigenvalue weighted by Crippen LogP contribution is -2.31. The Hall–Kier alpha value is -1.23.